The summed E-state index contributed by atoms with van der Waals surface area (Å²) in [5.41, 5.74) is 5.02. The van der Waals surface area contributed by atoms with Crippen molar-refractivity contribution in [1.29, 1.82) is 0 Å². The zero-order valence-electron chi connectivity index (χ0n) is 22.9. The van der Waals surface area contributed by atoms with Crippen LogP contribution in [0, 0.1) is 13.8 Å². The third kappa shape index (κ3) is 7.39. The summed E-state index contributed by atoms with van der Waals surface area (Å²) in [7, 11) is 3.45. The van der Waals surface area contributed by atoms with Gasteiger partial charge < -0.3 is 32.7 Å². The Morgan fingerprint density at radius 2 is 1.73 bits per heavy atom. The first-order valence-electron chi connectivity index (χ1n) is 11.9. The second kappa shape index (κ2) is 12.8. The normalized spacial score (nSPS) is 11.1. The summed E-state index contributed by atoms with van der Waals surface area (Å²) in [4.78, 5) is 14.2. The van der Waals surface area contributed by atoms with E-state index in [9.17, 15) is 4.79 Å². The Balaban J connectivity index is 0.00000481. The molecule has 0 atom stereocenters. The van der Waals surface area contributed by atoms with Gasteiger partial charge >= 0.3 is 5.13 Å². The number of aryl methyl sites for hydroxylation is 3. The van der Waals surface area contributed by atoms with Crippen LogP contribution in [0.3, 0.4) is 0 Å². The summed E-state index contributed by atoms with van der Waals surface area (Å²) in [6.07, 6.45) is 0. The maximum absolute atomic E-state index is 12.0. The van der Waals surface area contributed by atoms with Crippen molar-refractivity contribution in [3.63, 3.8) is 0 Å². The Morgan fingerprint density at radius 3 is 2.30 bits per heavy atom. The van der Waals surface area contributed by atoms with Crippen LogP contribution in [0.5, 0.6) is 5.75 Å². The van der Waals surface area contributed by atoms with Crippen molar-refractivity contribution in [1.82, 2.24) is 5.10 Å². The molecule has 0 fully saturated rings. The average Bonchev–Trinajstić information content (AvgIpc) is 3.14. The molecular formula is C26H36ClN7O2S. The standard InChI is InChI=1S/C26H35N7O2S.ClH/c1-15(2)33(16(3)4)26-31-32(8)25(36-26)30-29-22-14-24(35-9)23(13-21(22)27-19(7)34)28-20-11-10-17(5)18(6)12-20;/h10-16H,1-9H3,(H,27,28,34);1H. The highest BCUT2D eigenvalue weighted by atomic mass is 35.5. The number of ether oxygens (including phenoxy) is 1. The Morgan fingerprint density at radius 1 is 1.05 bits per heavy atom. The molecule has 1 aromatic heterocycles. The van der Waals surface area contributed by atoms with Crippen molar-refractivity contribution in [2.75, 3.05) is 22.6 Å². The molecule has 37 heavy (non-hydrogen) atoms. The van der Waals surface area contributed by atoms with Crippen LogP contribution in [0.25, 0.3) is 0 Å². The van der Waals surface area contributed by atoms with Gasteiger partial charge in [-0.2, -0.15) is 0 Å². The number of carbonyl (C=O) groups excluding carboxylic acids is 1. The minimum Gasteiger partial charge on any atom is -1.00 e. The van der Waals surface area contributed by atoms with Crippen molar-refractivity contribution in [3.8, 4) is 5.75 Å². The van der Waals surface area contributed by atoms with Gasteiger partial charge in [0.05, 0.1) is 23.6 Å². The van der Waals surface area contributed by atoms with Crippen LogP contribution in [0.4, 0.5) is 33.0 Å². The van der Waals surface area contributed by atoms with Crippen molar-refractivity contribution in [3.05, 3.63) is 41.5 Å². The lowest BCUT2D eigenvalue weighted by Crippen LogP contribution is -3.00. The molecule has 0 saturated heterocycles. The Hall–Kier alpha value is -3.24. The lowest BCUT2D eigenvalue weighted by molar-refractivity contribution is -0.712. The first-order valence-corrected chi connectivity index (χ1v) is 12.7. The highest BCUT2D eigenvalue weighted by molar-refractivity contribution is 7.18. The molecule has 3 rings (SSSR count). The van der Waals surface area contributed by atoms with Crippen molar-refractivity contribution in [2.45, 2.75) is 60.5 Å². The molecule has 3 aromatic rings. The molecule has 9 nitrogen and oxygen atoms in total. The van der Waals surface area contributed by atoms with E-state index in [1.807, 2.05) is 13.1 Å². The van der Waals surface area contributed by atoms with E-state index >= 15 is 0 Å². The largest absolute Gasteiger partial charge is 1.00 e. The second-order valence-corrected chi connectivity index (χ2v) is 10.2. The molecule has 0 aliphatic rings. The number of carbonyl (C=O) groups is 1. The van der Waals surface area contributed by atoms with Crippen molar-refractivity contribution in [2.24, 2.45) is 17.3 Å². The van der Waals surface area contributed by atoms with Crippen LogP contribution < -0.4 is 37.4 Å². The molecule has 0 radical (unpaired) electrons. The van der Waals surface area contributed by atoms with Crippen molar-refractivity contribution >= 4 is 50.3 Å². The molecular weight excluding hydrogens is 510 g/mol. The molecule has 0 unspecified atom stereocenters. The van der Waals surface area contributed by atoms with Crippen LogP contribution in [0.2, 0.25) is 0 Å². The Bertz CT molecular complexity index is 1270. The zero-order valence-corrected chi connectivity index (χ0v) is 24.5. The van der Waals surface area contributed by atoms with Gasteiger partial charge in [0.2, 0.25) is 11.0 Å². The van der Waals surface area contributed by atoms with E-state index in [1.54, 1.807) is 23.9 Å². The fourth-order valence-corrected chi connectivity index (χ4v) is 4.95. The first kappa shape index (κ1) is 30.0. The van der Waals surface area contributed by atoms with Crippen LogP contribution in [-0.2, 0) is 11.8 Å². The van der Waals surface area contributed by atoms with E-state index in [0.29, 0.717) is 40.0 Å². The van der Waals surface area contributed by atoms with Gasteiger partial charge in [-0.3, -0.25) is 4.79 Å². The smallest absolute Gasteiger partial charge is 0.431 e. The quantitative estimate of drug-likeness (QED) is 0.318. The summed E-state index contributed by atoms with van der Waals surface area (Å²) in [6.45, 7) is 14.2. The molecule has 0 spiro atoms. The van der Waals surface area contributed by atoms with E-state index in [2.05, 4.69) is 84.5 Å². The Labute approximate surface area is 229 Å². The molecule has 0 saturated carbocycles. The predicted molar refractivity (Wildman–Crippen MR) is 147 cm³/mol. The monoisotopic (exact) mass is 545 g/mol. The molecule has 0 aliphatic carbocycles. The van der Waals surface area contributed by atoms with E-state index in [4.69, 9.17) is 4.74 Å². The summed E-state index contributed by atoms with van der Waals surface area (Å²) >= 11 is 1.47. The van der Waals surface area contributed by atoms with Gasteiger partial charge in [0.15, 0.2) is 0 Å². The second-order valence-electron chi connectivity index (χ2n) is 9.26. The number of rotatable bonds is 9. The number of halogens is 1. The Kier molecular flexibility index (Phi) is 10.4. The van der Waals surface area contributed by atoms with E-state index < -0.39 is 0 Å². The van der Waals surface area contributed by atoms with Crippen LogP contribution in [0.15, 0.2) is 40.6 Å². The van der Waals surface area contributed by atoms with Gasteiger partial charge in [0.1, 0.15) is 18.5 Å². The van der Waals surface area contributed by atoms with Gasteiger partial charge in [0, 0.05) is 30.8 Å². The number of hydrogen-bond acceptors (Lipinski definition) is 8. The fraction of sp³-hybridized carbons (Fsp3) is 0.423. The summed E-state index contributed by atoms with van der Waals surface area (Å²) in [5.74, 6) is 0.375. The molecule has 200 valence electrons. The third-order valence-corrected chi connectivity index (χ3v) is 6.69. The molecule has 1 amide bonds. The summed E-state index contributed by atoms with van der Waals surface area (Å²) in [6, 6.07) is 10.3. The summed E-state index contributed by atoms with van der Waals surface area (Å²) < 4.78 is 7.35. The number of benzene rings is 2. The maximum atomic E-state index is 12.0. The highest BCUT2D eigenvalue weighted by Gasteiger charge is 2.24. The van der Waals surface area contributed by atoms with Crippen LogP contribution in [0.1, 0.15) is 45.7 Å². The first-order chi connectivity index (χ1) is 17.0. The number of amides is 1. The fourth-order valence-electron chi connectivity index (χ4n) is 3.85. The molecule has 0 bridgehead atoms. The van der Waals surface area contributed by atoms with E-state index in [-0.39, 0.29) is 18.3 Å². The maximum Gasteiger partial charge on any atom is 0.431 e. The van der Waals surface area contributed by atoms with Gasteiger partial charge in [-0.1, -0.05) is 11.2 Å². The minimum atomic E-state index is -0.205. The van der Waals surface area contributed by atoms with E-state index in [0.717, 1.165) is 10.8 Å². The molecule has 1 heterocycles. The number of nitrogens with one attached hydrogen (secondary N) is 2. The summed E-state index contributed by atoms with van der Waals surface area (Å²) in [5, 5.41) is 21.3. The zero-order chi connectivity index (χ0) is 26.6. The third-order valence-electron chi connectivity index (χ3n) is 5.69. The molecule has 11 heteroatoms. The van der Waals surface area contributed by atoms with Gasteiger partial charge in [0.25, 0.3) is 0 Å². The van der Waals surface area contributed by atoms with Crippen LogP contribution in [-0.4, -0.2) is 30.2 Å². The van der Waals surface area contributed by atoms with Gasteiger partial charge in [-0.15, -0.1) is 4.68 Å². The lowest BCUT2D eigenvalue weighted by Gasteiger charge is -2.28. The van der Waals surface area contributed by atoms with Gasteiger partial charge in [-0.05, 0) is 87.3 Å². The van der Waals surface area contributed by atoms with Crippen LogP contribution >= 0.6 is 11.3 Å². The van der Waals surface area contributed by atoms with Gasteiger partial charge in [-0.25, -0.2) is 0 Å². The lowest BCUT2D eigenvalue weighted by atomic mass is 10.1. The minimum absolute atomic E-state index is 0. The number of nitrogens with zero attached hydrogens (tertiary/aromatic N) is 5. The van der Waals surface area contributed by atoms with E-state index in [1.165, 1.54) is 29.4 Å². The number of aromatic nitrogens is 2. The molecule has 2 N–H and O–H groups in total. The van der Waals surface area contributed by atoms with Crippen molar-refractivity contribution < 1.29 is 26.6 Å². The topological polar surface area (TPSA) is 95.1 Å². The highest BCUT2D eigenvalue weighted by Crippen LogP contribution is 2.39. The molecule has 2 aromatic carbocycles. The number of azo groups is 1. The molecule has 0 aliphatic heterocycles. The number of methoxy groups -OCH3 is 1. The number of hydrogen-bond donors (Lipinski definition) is 2. The predicted octanol–water partition coefficient (Wildman–Crippen LogP) is 3.34. The SMILES string of the molecule is COc1cc(N=Nc2sc(N(C(C)C)C(C)C)n[n+]2C)c(NC(C)=O)cc1Nc1ccc(C)c(C)c1.[Cl-]. The average molecular weight is 546 g/mol. The number of anilines is 4.